The number of thioether (sulfide) groups is 1. The lowest BCUT2D eigenvalue weighted by molar-refractivity contribution is -0.120. The van der Waals surface area contributed by atoms with Crippen molar-refractivity contribution >= 4 is 35.2 Å². The Kier molecular flexibility index (Phi) is 5.44. The monoisotopic (exact) mass is 412 g/mol. The van der Waals surface area contributed by atoms with Gasteiger partial charge in [0, 0.05) is 11.8 Å². The van der Waals surface area contributed by atoms with Crippen LogP contribution in [0, 0.1) is 0 Å². The fourth-order valence-electron chi connectivity index (χ4n) is 3.44. The van der Waals surface area contributed by atoms with Crippen LogP contribution >= 0.6 is 11.8 Å². The maximum absolute atomic E-state index is 13.1. The van der Waals surface area contributed by atoms with Gasteiger partial charge in [0.05, 0.1) is 11.1 Å². The molecule has 4 rings (SSSR count). The Morgan fingerprint density at radius 2 is 1.72 bits per heavy atom. The molecule has 2 aliphatic heterocycles. The summed E-state index contributed by atoms with van der Waals surface area (Å²) in [5.41, 5.74) is 1.18. The zero-order valence-corrected chi connectivity index (χ0v) is 16.7. The second kappa shape index (κ2) is 8.16. The Morgan fingerprint density at radius 3 is 2.38 bits per heavy atom. The van der Waals surface area contributed by atoms with Crippen LogP contribution in [-0.4, -0.2) is 53.9 Å². The maximum atomic E-state index is 13.1. The average Bonchev–Trinajstić information content (AvgIpc) is 2.99. The van der Waals surface area contributed by atoms with E-state index in [0.717, 1.165) is 4.90 Å². The minimum absolute atomic E-state index is 0.332. The van der Waals surface area contributed by atoms with Crippen molar-refractivity contribution in [2.45, 2.75) is 12.5 Å². The van der Waals surface area contributed by atoms with Crippen LogP contribution in [0.4, 0.5) is 5.69 Å². The Labute approximate surface area is 172 Å². The van der Waals surface area contributed by atoms with Gasteiger partial charge in [-0.05, 0) is 42.7 Å². The van der Waals surface area contributed by atoms with Gasteiger partial charge in [0.25, 0.3) is 11.8 Å². The first-order valence-electron chi connectivity index (χ1n) is 9.26. The lowest BCUT2D eigenvalue weighted by Crippen LogP contribution is -2.47. The van der Waals surface area contributed by atoms with Gasteiger partial charge in [-0.15, -0.1) is 0 Å². The minimum atomic E-state index is -0.900. The third-order valence-electron chi connectivity index (χ3n) is 4.84. The number of nitrogens with one attached hydrogen (secondary N) is 1. The highest BCUT2D eigenvalue weighted by atomic mass is 32.2. The zero-order valence-electron chi connectivity index (χ0n) is 15.8. The molecule has 2 heterocycles. The Hall–Kier alpha value is -3.00. The molecule has 0 bridgehead atoms. The van der Waals surface area contributed by atoms with Crippen molar-refractivity contribution in [1.29, 1.82) is 0 Å². The molecule has 1 N–H and O–H groups in total. The average molecular weight is 412 g/mol. The van der Waals surface area contributed by atoms with E-state index in [4.69, 9.17) is 9.47 Å². The number of benzene rings is 2. The summed E-state index contributed by atoms with van der Waals surface area (Å²) in [6.45, 7) is 0.922. The molecule has 0 radical (unpaired) electrons. The number of carbonyl (C=O) groups is 3. The summed E-state index contributed by atoms with van der Waals surface area (Å²) in [6.07, 6.45) is 2.28. The lowest BCUT2D eigenvalue weighted by Gasteiger charge is -2.25. The van der Waals surface area contributed by atoms with E-state index in [2.05, 4.69) is 5.32 Å². The maximum Gasteiger partial charge on any atom is 0.262 e. The van der Waals surface area contributed by atoms with Gasteiger partial charge in [-0.3, -0.25) is 19.3 Å². The molecule has 29 heavy (non-hydrogen) atoms. The molecular formula is C21H20N2O5S. The van der Waals surface area contributed by atoms with Gasteiger partial charge in [-0.25, -0.2) is 0 Å². The zero-order chi connectivity index (χ0) is 20.4. The van der Waals surface area contributed by atoms with Gasteiger partial charge >= 0.3 is 0 Å². The van der Waals surface area contributed by atoms with E-state index >= 15 is 0 Å². The molecule has 0 aromatic heterocycles. The number of ether oxygens (including phenoxy) is 2. The number of anilines is 1. The van der Waals surface area contributed by atoms with Crippen LogP contribution < -0.4 is 14.8 Å². The number of hydrogen-bond acceptors (Lipinski definition) is 6. The van der Waals surface area contributed by atoms with Gasteiger partial charge in [0.2, 0.25) is 5.91 Å². The van der Waals surface area contributed by atoms with Crippen molar-refractivity contribution in [1.82, 2.24) is 4.90 Å². The Balaban J connectivity index is 1.58. The number of fused-ring (bicyclic) bond motifs is 2. The van der Waals surface area contributed by atoms with Crippen LogP contribution in [-0.2, 0) is 4.79 Å². The van der Waals surface area contributed by atoms with E-state index in [-0.39, 0.29) is 0 Å². The normalized spacial score (nSPS) is 15.8. The second-order valence-electron chi connectivity index (χ2n) is 6.67. The molecule has 0 aliphatic carbocycles. The third kappa shape index (κ3) is 3.67. The molecule has 0 unspecified atom stereocenters. The Morgan fingerprint density at radius 1 is 1.07 bits per heavy atom. The second-order valence-corrected chi connectivity index (χ2v) is 7.66. The number of imide groups is 1. The molecule has 2 aromatic rings. The van der Waals surface area contributed by atoms with Crippen molar-refractivity contribution in [2.24, 2.45) is 0 Å². The van der Waals surface area contributed by atoms with Gasteiger partial charge in [0.15, 0.2) is 11.5 Å². The summed E-state index contributed by atoms with van der Waals surface area (Å²) >= 11 is 1.55. The number of rotatable bonds is 6. The van der Waals surface area contributed by atoms with E-state index in [1.54, 1.807) is 54.2 Å². The largest absolute Gasteiger partial charge is 0.486 e. The highest BCUT2D eigenvalue weighted by Crippen LogP contribution is 2.33. The van der Waals surface area contributed by atoms with Crippen LogP contribution in [0.1, 0.15) is 27.1 Å². The lowest BCUT2D eigenvalue weighted by atomic mass is 10.1. The summed E-state index contributed by atoms with van der Waals surface area (Å²) in [4.78, 5) is 39.8. The van der Waals surface area contributed by atoms with E-state index in [0.29, 0.717) is 53.7 Å². The molecule has 0 spiro atoms. The summed E-state index contributed by atoms with van der Waals surface area (Å²) in [5, 5.41) is 2.82. The van der Waals surface area contributed by atoms with Crippen molar-refractivity contribution < 1.29 is 23.9 Å². The number of carbonyl (C=O) groups excluding carboxylic acids is 3. The minimum Gasteiger partial charge on any atom is -0.486 e. The first kappa shape index (κ1) is 19.3. The summed E-state index contributed by atoms with van der Waals surface area (Å²) < 4.78 is 11.0. The first-order valence-corrected chi connectivity index (χ1v) is 10.7. The van der Waals surface area contributed by atoms with Crippen molar-refractivity contribution in [3.05, 3.63) is 53.6 Å². The standard InChI is InChI=1S/C21H20N2O5S/c1-29-11-8-16(23-20(25)14-4-2-3-5-15(14)21(23)26)19(24)22-13-6-7-17-18(12-13)28-10-9-27-17/h2-7,12,16H,8-11H2,1H3,(H,22,24)/t16-/m0/s1. The number of nitrogens with zero attached hydrogens (tertiary/aromatic N) is 1. The van der Waals surface area contributed by atoms with Crippen molar-refractivity contribution in [3.63, 3.8) is 0 Å². The molecular weight excluding hydrogens is 392 g/mol. The third-order valence-corrected chi connectivity index (χ3v) is 5.49. The molecule has 7 nitrogen and oxygen atoms in total. The molecule has 150 valence electrons. The van der Waals surface area contributed by atoms with Crippen LogP contribution in [0.25, 0.3) is 0 Å². The van der Waals surface area contributed by atoms with Crippen molar-refractivity contribution in [3.8, 4) is 11.5 Å². The molecule has 8 heteroatoms. The SMILES string of the molecule is CSCC[C@@H](C(=O)Nc1ccc2c(c1)OCCO2)N1C(=O)c2ccccc2C1=O. The topological polar surface area (TPSA) is 84.9 Å². The smallest absolute Gasteiger partial charge is 0.262 e. The van der Waals surface area contributed by atoms with E-state index in [1.165, 1.54) is 0 Å². The summed E-state index contributed by atoms with van der Waals surface area (Å²) in [7, 11) is 0. The summed E-state index contributed by atoms with van der Waals surface area (Å²) in [6, 6.07) is 10.9. The van der Waals surface area contributed by atoms with Crippen LogP contribution in [0.5, 0.6) is 11.5 Å². The molecule has 2 aliphatic rings. The fourth-order valence-corrected chi connectivity index (χ4v) is 3.90. The van der Waals surface area contributed by atoms with E-state index < -0.39 is 23.8 Å². The molecule has 0 saturated carbocycles. The fraction of sp³-hybridized carbons (Fsp3) is 0.286. The van der Waals surface area contributed by atoms with Crippen LogP contribution in [0.2, 0.25) is 0 Å². The van der Waals surface area contributed by atoms with E-state index in [1.807, 2.05) is 6.26 Å². The van der Waals surface area contributed by atoms with Gasteiger partial charge < -0.3 is 14.8 Å². The summed E-state index contributed by atoms with van der Waals surface area (Å²) in [5.74, 6) is 0.518. The number of amides is 3. The van der Waals surface area contributed by atoms with Crippen LogP contribution in [0.3, 0.4) is 0 Å². The van der Waals surface area contributed by atoms with Crippen LogP contribution in [0.15, 0.2) is 42.5 Å². The van der Waals surface area contributed by atoms with E-state index in [9.17, 15) is 14.4 Å². The molecule has 0 saturated heterocycles. The molecule has 1 atom stereocenters. The molecule has 2 aromatic carbocycles. The number of hydrogen-bond donors (Lipinski definition) is 1. The van der Waals surface area contributed by atoms with Gasteiger partial charge in [0.1, 0.15) is 19.3 Å². The predicted molar refractivity (Wildman–Crippen MR) is 110 cm³/mol. The van der Waals surface area contributed by atoms with Gasteiger partial charge in [-0.2, -0.15) is 11.8 Å². The highest BCUT2D eigenvalue weighted by Gasteiger charge is 2.42. The quantitative estimate of drug-likeness (QED) is 0.735. The van der Waals surface area contributed by atoms with Gasteiger partial charge in [-0.1, -0.05) is 12.1 Å². The predicted octanol–water partition coefficient (Wildman–Crippen LogP) is 2.81. The first-order chi connectivity index (χ1) is 14.1. The molecule has 3 amide bonds. The molecule has 0 fully saturated rings. The highest BCUT2D eigenvalue weighted by molar-refractivity contribution is 7.98. The van der Waals surface area contributed by atoms with Crippen molar-refractivity contribution in [2.75, 3.05) is 30.5 Å². The Bertz CT molecular complexity index is 942.